The van der Waals surface area contributed by atoms with Crippen LogP contribution < -0.4 is 5.56 Å². The van der Waals surface area contributed by atoms with E-state index in [9.17, 15) is 4.79 Å². The molecule has 2 N–H and O–H groups in total. The van der Waals surface area contributed by atoms with Crippen molar-refractivity contribution in [3.05, 3.63) is 21.6 Å². The number of aromatic amines is 1. The Bertz CT molecular complexity index is 386. The van der Waals surface area contributed by atoms with E-state index in [1.807, 2.05) is 6.92 Å². The third-order valence-electron chi connectivity index (χ3n) is 3.32. The molecular weight excluding hydrogens is 192 g/mol. The first-order valence-electron chi connectivity index (χ1n) is 5.65. The second-order valence-electron chi connectivity index (χ2n) is 4.34. The van der Waals surface area contributed by atoms with Gasteiger partial charge in [-0.2, -0.15) is 0 Å². The molecule has 1 aromatic heterocycles. The van der Waals surface area contributed by atoms with Gasteiger partial charge in [-0.15, -0.1) is 0 Å². The zero-order chi connectivity index (χ0) is 10.8. The summed E-state index contributed by atoms with van der Waals surface area (Å²) >= 11 is 0. The minimum absolute atomic E-state index is 0.0399. The largest absolute Gasteiger partial charge is 0.391 e. The predicted octanol–water partition coefficient (Wildman–Crippen LogP) is 1.48. The number of aromatic nitrogens is 2. The number of H-pyrrole nitrogens is 1. The number of aliphatic hydroxyl groups excluding tert-OH is 1. The van der Waals surface area contributed by atoms with Crippen molar-refractivity contribution in [3.63, 3.8) is 0 Å². The van der Waals surface area contributed by atoms with Crippen LogP contribution in [0, 0.1) is 6.92 Å². The third kappa shape index (κ3) is 1.86. The number of rotatable bonds is 2. The van der Waals surface area contributed by atoms with Crippen LogP contribution in [0.5, 0.6) is 0 Å². The monoisotopic (exact) mass is 210 g/mol. The molecule has 1 saturated carbocycles. The zero-order valence-corrected chi connectivity index (χ0v) is 9.12. The average Bonchev–Trinajstić information content (AvgIpc) is 2.55. The lowest BCUT2D eigenvalue weighted by Crippen LogP contribution is -2.25. The van der Waals surface area contributed by atoms with Crippen molar-refractivity contribution in [2.45, 2.75) is 51.7 Å². The Morgan fingerprint density at radius 3 is 2.60 bits per heavy atom. The van der Waals surface area contributed by atoms with Crippen molar-refractivity contribution in [1.29, 1.82) is 0 Å². The van der Waals surface area contributed by atoms with Crippen molar-refractivity contribution >= 4 is 0 Å². The van der Waals surface area contributed by atoms with E-state index in [0.717, 1.165) is 18.5 Å². The lowest BCUT2D eigenvalue weighted by Gasteiger charge is -2.21. The van der Waals surface area contributed by atoms with Crippen LogP contribution in [0.4, 0.5) is 0 Å². The fraction of sp³-hybridized carbons (Fsp3) is 0.727. The first kappa shape index (κ1) is 10.5. The molecule has 0 atom stereocenters. The van der Waals surface area contributed by atoms with Crippen LogP contribution in [0.25, 0.3) is 0 Å². The molecule has 0 aromatic carbocycles. The molecule has 4 nitrogen and oxygen atoms in total. The molecule has 2 rings (SSSR count). The van der Waals surface area contributed by atoms with Crippen molar-refractivity contribution in [3.8, 4) is 0 Å². The summed E-state index contributed by atoms with van der Waals surface area (Å²) in [7, 11) is 0. The molecule has 0 saturated heterocycles. The Morgan fingerprint density at radius 1 is 1.40 bits per heavy atom. The van der Waals surface area contributed by atoms with E-state index >= 15 is 0 Å². The summed E-state index contributed by atoms with van der Waals surface area (Å²) in [4.78, 5) is 11.9. The number of aliphatic hydroxyl groups is 1. The molecule has 0 unspecified atom stereocenters. The normalized spacial score (nSPS) is 18.3. The van der Waals surface area contributed by atoms with Gasteiger partial charge in [-0.1, -0.05) is 19.3 Å². The Kier molecular flexibility index (Phi) is 2.95. The molecule has 1 fully saturated rings. The van der Waals surface area contributed by atoms with Crippen LogP contribution in [0.15, 0.2) is 4.79 Å². The second-order valence-corrected chi connectivity index (χ2v) is 4.34. The SMILES string of the molecule is Cc1[nH]n(C2CCCCC2)c(=O)c1CO. The predicted molar refractivity (Wildman–Crippen MR) is 57.8 cm³/mol. The van der Waals surface area contributed by atoms with Gasteiger partial charge in [-0.25, -0.2) is 4.68 Å². The highest BCUT2D eigenvalue weighted by Gasteiger charge is 2.19. The highest BCUT2D eigenvalue weighted by molar-refractivity contribution is 5.14. The van der Waals surface area contributed by atoms with Gasteiger partial charge in [-0.3, -0.25) is 9.89 Å². The van der Waals surface area contributed by atoms with Crippen molar-refractivity contribution in [1.82, 2.24) is 9.78 Å². The van der Waals surface area contributed by atoms with Crippen LogP contribution >= 0.6 is 0 Å². The van der Waals surface area contributed by atoms with Crippen molar-refractivity contribution in [2.24, 2.45) is 0 Å². The molecule has 1 aliphatic carbocycles. The van der Waals surface area contributed by atoms with E-state index in [2.05, 4.69) is 5.10 Å². The van der Waals surface area contributed by atoms with E-state index < -0.39 is 0 Å². The molecular formula is C11H18N2O2. The van der Waals surface area contributed by atoms with Crippen molar-refractivity contribution < 1.29 is 5.11 Å². The smallest absolute Gasteiger partial charge is 0.272 e. The molecule has 0 radical (unpaired) electrons. The van der Waals surface area contributed by atoms with Crippen LogP contribution in [-0.2, 0) is 6.61 Å². The molecule has 1 aliphatic rings. The van der Waals surface area contributed by atoms with Gasteiger partial charge in [0.1, 0.15) is 0 Å². The fourth-order valence-electron chi connectivity index (χ4n) is 2.39. The standard InChI is InChI=1S/C11H18N2O2/c1-8-10(7-14)11(15)13(12-8)9-5-3-2-4-6-9/h9,12,14H,2-7H2,1H3. The minimum Gasteiger partial charge on any atom is -0.391 e. The molecule has 0 bridgehead atoms. The Balaban J connectivity index is 2.31. The van der Waals surface area contributed by atoms with Gasteiger partial charge in [0.15, 0.2) is 0 Å². The van der Waals surface area contributed by atoms with E-state index in [1.165, 1.54) is 19.3 Å². The average molecular weight is 210 g/mol. The van der Waals surface area contributed by atoms with Crippen molar-refractivity contribution in [2.75, 3.05) is 0 Å². The summed E-state index contributed by atoms with van der Waals surface area (Å²) in [5.41, 5.74) is 1.27. The minimum atomic E-state index is -0.166. The van der Waals surface area contributed by atoms with E-state index in [0.29, 0.717) is 11.6 Å². The van der Waals surface area contributed by atoms with Crippen LogP contribution in [0.2, 0.25) is 0 Å². The number of hydrogen-bond donors (Lipinski definition) is 2. The maximum absolute atomic E-state index is 11.9. The second kappa shape index (κ2) is 4.23. The first-order valence-corrected chi connectivity index (χ1v) is 5.65. The molecule has 0 spiro atoms. The number of nitrogens with zero attached hydrogens (tertiary/aromatic N) is 1. The molecule has 4 heteroatoms. The van der Waals surface area contributed by atoms with Crippen LogP contribution in [-0.4, -0.2) is 14.9 Å². The fourth-order valence-corrected chi connectivity index (χ4v) is 2.39. The van der Waals surface area contributed by atoms with E-state index in [4.69, 9.17) is 5.11 Å². The number of aryl methyl sites for hydroxylation is 1. The van der Waals surface area contributed by atoms with E-state index in [-0.39, 0.29) is 12.2 Å². The van der Waals surface area contributed by atoms with E-state index in [1.54, 1.807) is 4.68 Å². The summed E-state index contributed by atoms with van der Waals surface area (Å²) < 4.78 is 1.71. The molecule has 1 heterocycles. The Hall–Kier alpha value is -1.03. The zero-order valence-electron chi connectivity index (χ0n) is 9.12. The van der Waals surface area contributed by atoms with Gasteiger partial charge < -0.3 is 5.11 Å². The summed E-state index contributed by atoms with van der Waals surface area (Å²) in [6, 6.07) is 0.310. The first-order chi connectivity index (χ1) is 7.24. The maximum Gasteiger partial charge on any atom is 0.272 e. The number of nitrogens with one attached hydrogen (secondary N) is 1. The third-order valence-corrected chi connectivity index (χ3v) is 3.32. The summed E-state index contributed by atoms with van der Waals surface area (Å²) in [5.74, 6) is 0. The topological polar surface area (TPSA) is 58.0 Å². The van der Waals surface area contributed by atoms with Crippen LogP contribution in [0.1, 0.15) is 49.4 Å². The van der Waals surface area contributed by atoms with Gasteiger partial charge in [0.25, 0.3) is 5.56 Å². The van der Waals surface area contributed by atoms with Gasteiger partial charge in [-0.05, 0) is 19.8 Å². The lowest BCUT2D eigenvalue weighted by atomic mass is 9.96. The van der Waals surface area contributed by atoms with Gasteiger partial charge in [0.2, 0.25) is 0 Å². The summed E-state index contributed by atoms with van der Waals surface area (Å²) in [6.07, 6.45) is 5.82. The van der Waals surface area contributed by atoms with Crippen LogP contribution in [0.3, 0.4) is 0 Å². The summed E-state index contributed by atoms with van der Waals surface area (Å²) in [5, 5.41) is 12.2. The molecule has 1 aromatic rings. The quantitative estimate of drug-likeness (QED) is 0.776. The Labute approximate surface area is 88.9 Å². The highest BCUT2D eigenvalue weighted by Crippen LogP contribution is 2.26. The maximum atomic E-state index is 11.9. The Morgan fingerprint density at radius 2 is 2.07 bits per heavy atom. The molecule has 84 valence electrons. The molecule has 0 aliphatic heterocycles. The number of hydrogen-bond acceptors (Lipinski definition) is 2. The van der Waals surface area contributed by atoms with Gasteiger partial charge in [0.05, 0.1) is 18.2 Å². The van der Waals surface area contributed by atoms with Gasteiger partial charge in [0, 0.05) is 5.69 Å². The molecule has 0 amide bonds. The highest BCUT2D eigenvalue weighted by atomic mass is 16.3. The molecule has 15 heavy (non-hydrogen) atoms. The summed E-state index contributed by atoms with van der Waals surface area (Å²) in [6.45, 7) is 1.67. The lowest BCUT2D eigenvalue weighted by molar-refractivity contribution is 0.278. The van der Waals surface area contributed by atoms with Gasteiger partial charge >= 0.3 is 0 Å².